The number of ether oxygens (including phenoxy) is 1. The van der Waals surface area contributed by atoms with E-state index in [0.717, 1.165) is 69.3 Å². The Morgan fingerprint density at radius 3 is 2.89 bits per heavy atom. The third-order valence-corrected chi connectivity index (χ3v) is 5.85. The van der Waals surface area contributed by atoms with E-state index in [1.165, 1.54) is 0 Å². The fraction of sp³-hybridized carbons (Fsp3) is 0.591. The van der Waals surface area contributed by atoms with E-state index >= 15 is 0 Å². The monoisotopic (exact) mass is 390 g/mol. The molecule has 2 fully saturated rings. The van der Waals surface area contributed by atoms with Crippen molar-refractivity contribution in [1.29, 1.82) is 0 Å². The molecule has 1 amide bonds. The average molecular weight is 391 g/mol. The summed E-state index contributed by atoms with van der Waals surface area (Å²) in [6.45, 7) is 7.13. The summed E-state index contributed by atoms with van der Waals surface area (Å²) in [5.41, 5.74) is 1.14. The van der Waals surface area contributed by atoms with Crippen molar-refractivity contribution in [3.05, 3.63) is 40.9 Å². The van der Waals surface area contributed by atoms with Gasteiger partial charge >= 0.3 is 0 Å². The van der Waals surface area contributed by atoms with E-state index in [0.29, 0.717) is 24.3 Å². The van der Waals surface area contributed by atoms with Crippen molar-refractivity contribution in [3.63, 3.8) is 0 Å². The number of halogens is 1. The number of fused-ring (bicyclic) bond motifs is 1. The molecule has 0 N–H and O–H groups in total. The zero-order valence-electron chi connectivity index (χ0n) is 16.3. The summed E-state index contributed by atoms with van der Waals surface area (Å²) in [6.07, 6.45) is 5.70. The Kier molecular flexibility index (Phi) is 7.74. The van der Waals surface area contributed by atoms with Gasteiger partial charge in [-0.2, -0.15) is 0 Å². The molecule has 2 saturated heterocycles. The maximum atomic E-state index is 12.4. The van der Waals surface area contributed by atoms with E-state index in [1.807, 2.05) is 25.1 Å². The van der Waals surface area contributed by atoms with Crippen LogP contribution in [0.5, 0.6) is 0 Å². The minimum atomic E-state index is 0.322. The van der Waals surface area contributed by atoms with Crippen molar-refractivity contribution in [2.45, 2.75) is 38.6 Å². The van der Waals surface area contributed by atoms with Crippen molar-refractivity contribution in [2.24, 2.45) is 5.92 Å². The molecule has 5 heteroatoms. The van der Waals surface area contributed by atoms with Crippen LogP contribution in [0.2, 0.25) is 0 Å². The molecule has 1 aromatic rings. The predicted molar refractivity (Wildman–Crippen MR) is 111 cm³/mol. The van der Waals surface area contributed by atoms with Gasteiger partial charge < -0.3 is 9.64 Å². The highest BCUT2D eigenvalue weighted by molar-refractivity contribution is 6.31. The lowest BCUT2D eigenvalue weighted by Crippen LogP contribution is -2.56. The molecule has 4 nitrogen and oxygen atoms in total. The second-order valence-corrected chi connectivity index (χ2v) is 8.01. The smallest absolute Gasteiger partial charge is 0.222 e. The topological polar surface area (TPSA) is 32.8 Å². The molecule has 0 spiro atoms. The molecule has 0 aliphatic carbocycles. The maximum absolute atomic E-state index is 12.4. The lowest BCUT2D eigenvalue weighted by Gasteiger charge is -2.47. The highest BCUT2D eigenvalue weighted by Gasteiger charge is 2.38. The van der Waals surface area contributed by atoms with Crippen molar-refractivity contribution >= 4 is 23.6 Å². The molecule has 2 heterocycles. The van der Waals surface area contributed by atoms with Crippen LogP contribution in [0.1, 0.15) is 38.2 Å². The van der Waals surface area contributed by atoms with Crippen LogP contribution in [-0.4, -0.2) is 61.1 Å². The Morgan fingerprint density at radius 2 is 2.11 bits per heavy atom. The van der Waals surface area contributed by atoms with E-state index in [2.05, 4.69) is 28.0 Å². The van der Waals surface area contributed by atoms with E-state index in [4.69, 9.17) is 16.3 Å². The van der Waals surface area contributed by atoms with Gasteiger partial charge in [-0.15, -0.1) is 0 Å². The molecule has 2 aliphatic heterocycles. The average Bonchev–Trinajstić information content (AvgIpc) is 2.67. The Hall–Kier alpha value is -1.36. The van der Waals surface area contributed by atoms with Crippen LogP contribution in [0.4, 0.5) is 0 Å². The Labute approximate surface area is 168 Å². The van der Waals surface area contributed by atoms with Gasteiger partial charge in [-0.05, 0) is 43.7 Å². The van der Waals surface area contributed by atoms with Gasteiger partial charge in [0.1, 0.15) is 0 Å². The molecule has 1 aromatic carbocycles. The van der Waals surface area contributed by atoms with Gasteiger partial charge in [-0.3, -0.25) is 9.69 Å². The van der Waals surface area contributed by atoms with Gasteiger partial charge in [-0.1, -0.05) is 41.9 Å². The number of piperidine rings is 2. The summed E-state index contributed by atoms with van der Waals surface area (Å²) in [4.78, 5) is 17.0. The fourth-order valence-corrected chi connectivity index (χ4v) is 4.63. The van der Waals surface area contributed by atoms with E-state index in [-0.39, 0.29) is 0 Å². The third-order valence-electron chi connectivity index (χ3n) is 5.62. The molecule has 27 heavy (non-hydrogen) atoms. The van der Waals surface area contributed by atoms with Gasteiger partial charge in [-0.25, -0.2) is 0 Å². The lowest BCUT2D eigenvalue weighted by molar-refractivity contribution is -0.141. The highest BCUT2D eigenvalue weighted by Crippen LogP contribution is 2.32. The SMILES string of the molecule is CCOCCCN1C(=O)CC[C@H]2CN(C/C(Cl)=C/c3ccccc3)CC[C@H]21. The molecule has 0 saturated carbocycles. The van der Waals surface area contributed by atoms with Crippen molar-refractivity contribution in [2.75, 3.05) is 39.4 Å². The minimum absolute atomic E-state index is 0.322. The molecular weight excluding hydrogens is 360 g/mol. The summed E-state index contributed by atoms with van der Waals surface area (Å²) in [6, 6.07) is 10.6. The number of likely N-dealkylation sites (tertiary alicyclic amines) is 2. The first-order chi connectivity index (χ1) is 13.2. The van der Waals surface area contributed by atoms with E-state index < -0.39 is 0 Å². The molecule has 3 rings (SSSR count). The van der Waals surface area contributed by atoms with Crippen LogP contribution in [-0.2, 0) is 9.53 Å². The number of hydrogen-bond acceptors (Lipinski definition) is 3. The number of carbonyl (C=O) groups excluding carboxylic acids is 1. The second kappa shape index (κ2) is 10.3. The number of rotatable bonds is 8. The van der Waals surface area contributed by atoms with Crippen LogP contribution in [0.25, 0.3) is 6.08 Å². The first kappa shape index (κ1) is 20.4. The normalized spacial score (nSPS) is 24.1. The largest absolute Gasteiger partial charge is 0.382 e. The number of amides is 1. The summed E-state index contributed by atoms with van der Waals surface area (Å²) in [5.74, 6) is 0.882. The lowest BCUT2D eigenvalue weighted by atomic mass is 9.83. The van der Waals surface area contributed by atoms with Gasteiger partial charge in [0.15, 0.2) is 0 Å². The molecular formula is C22H31ClN2O2. The Morgan fingerprint density at radius 1 is 1.30 bits per heavy atom. The minimum Gasteiger partial charge on any atom is -0.382 e. The molecule has 0 radical (unpaired) electrons. The van der Waals surface area contributed by atoms with E-state index in [9.17, 15) is 4.79 Å². The van der Waals surface area contributed by atoms with Gasteiger partial charge in [0.2, 0.25) is 5.91 Å². The van der Waals surface area contributed by atoms with Crippen LogP contribution in [0.15, 0.2) is 35.4 Å². The molecule has 0 aromatic heterocycles. The number of carbonyl (C=O) groups is 1. The molecule has 0 bridgehead atoms. The van der Waals surface area contributed by atoms with Crippen molar-refractivity contribution in [1.82, 2.24) is 9.80 Å². The predicted octanol–water partition coefficient (Wildman–Crippen LogP) is 4.01. The van der Waals surface area contributed by atoms with Crippen LogP contribution < -0.4 is 0 Å². The summed E-state index contributed by atoms with van der Waals surface area (Å²) in [7, 11) is 0. The second-order valence-electron chi connectivity index (χ2n) is 7.53. The summed E-state index contributed by atoms with van der Waals surface area (Å²) >= 11 is 6.51. The van der Waals surface area contributed by atoms with Gasteiger partial charge in [0, 0.05) is 56.9 Å². The van der Waals surface area contributed by atoms with Crippen molar-refractivity contribution in [3.8, 4) is 0 Å². The standard InChI is InChI=1S/C22H31ClN2O2/c1-2-27-14-6-12-25-21-11-13-24(16-19(21)9-10-22(25)26)17-20(23)15-18-7-4-3-5-8-18/h3-5,7-8,15,19,21H,2,6,9-14,16-17H2,1H3/b20-15-/t19-,21+/m0/s1. The fourth-order valence-electron chi connectivity index (χ4n) is 4.33. The third kappa shape index (κ3) is 5.81. The first-order valence-electron chi connectivity index (χ1n) is 10.2. The number of nitrogens with zero attached hydrogens (tertiary/aromatic N) is 2. The quantitative estimate of drug-likeness (QED) is 0.629. The van der Waals surface area contributed by atoms with Gasteiger partial charge in [0.25, 0.3) is 0 Å². The molecule has 148 valence electrons. The van der Waals surface area contributed by atoms with Crippen LogP contribution in [0, 0.1) is 5.92 Å². The summed E-state index contributed by atoms with van der Waals surface area (Å²) < 4.78 is 5.44. The van der Waals surface area contributed by atoms with Crippen LogP contribution in [0.3, 0.4) is 0 Å². The highest BCUT2D eigenvalue weighted by atomic mass is 35.5. The zero-order chi connectivity index (χ0) is 19.1. The summed E-state index contributed by atoms with van der Waals surface area (Å²) in [5, 5.41) is 0.875. The number of hydrogen-bond donors (Lipinski definition) is 0. The maximum Gasteiger partial charge on any atom is 0.222 e. The first-order valence-corrected chi connectivity index (χ1v) is 10.6. The van der Waals surface area contributed by atoms with E-state index in [1.54, 1.807) is 0 Å². The Bertz CT molecular complexity index is 634. The molecule has 2 atom stereocenters. The number of benzene rings is 1. The van der Waals surface area contributed by atoms with Crippen LogP contribution >= 0.6 is 11.6 Å². The van der Waals surface area contributed by atoms with Crippen molar-refractivity contribution < 1.29 is 9.53 Å². The van der Waals surface area contributed by atoms with Gasteiger partial charge in [0.05, 0.1) is 0 Å². The molecule has 0 unspecified atom stereocenters. The molecule has 2 aliphatic rings. The zero-order valence-corrected chi connectivity index (χ0v) is 17.0. The Balaban J connectivity index is 1.53.